The van der Waals surface area contributed by atoms with E-state index in [9.17, 15) is 5.11 Å². The Morgan fingerprint density at radius 2 is 2.00 bits per heavy atom. The van der Waals surface area contributed by atoms with Crippen molar-refractivity contribution in [2.45, 2.75) is 27.0 Å². The smallest absolute Gasteiger partial charge is 0.131 e. The number of aromatic nitrogens is 1. The standard InChI is InChI=1S/C15H18N2O/c1-11-5-6-12(2)14(8-11)9-17-15-13(10-18)4-3-7-16-15/h3-8,18H,9-10H2,1-2H3,(H,16,17). The van der Waals surface area contributed by atoms with Gasteiger partial charge in [0.05, 0.1) is 6.61 Å². The summed E-state index contributed by atoms with van der Waals surface area (Å²) in [7, 11) is 0. The number of benzene rings is 1. The van der Waals surface area contributed by atoms with Gasteiger partial charge in [-0.2, -0.15) is 0 Å². The van der Waals surface area contributed by atoms with Gasteiger partial charge in [0.15, 0.2) is 0 Å². The molecule has 0 aliphatic carbocycles. The summed E-state index contributed by atoms with van der Waals surface area (Å²) in [6, 6.07) is 10.1. The molecule has 94 valence electrons. The molecule has 3 nitrogen and oxygen atoms in total. The van der Waals surface area contributed by atoms with Gasteiger partial charge in [-0.25, -0.2) is 4.98 Å². The van der Waals surface area contributed by atoms with Gasteiger partial charge in [-0.3, -0.25) is 0 Å². The van der Waals surface area contributed by atoms with Gasteiger partial charge in [-0.1, -0.05) is 29.8 Å². The molecule has 1 heterocycles. The molecule has 0 aliphatic rings. The molecule has 0 saturated heterocycles. The van der Waals surface area contributed by atoms with Crippen LogP contribution in [-0.4, -0.2) is 10.1 Å². The Morgan fingerprint density at radius 1 is 1.17 bits per heavy atom. The molecule has 2 N–H and O–H groups in total. The van der Waals surface area contributed by atoms with Crippen LogP contribution in [0.3, 0.4) is 0 Å². The molecule has 1 aromatic carbocycles. The van der Waals surface area contributed by atoms with E-state index in [-0.39, 0.29) is 6.61 Å². The highest BCUT2D eigenvalue weighted by atomic mass is 16.3. The van der Waals surface area contributed by atoms with Gasteiger partial charge in [0.1, 0.15) is 5.82 Å². The topological polar surface area (TPSA) is 45.2 Å². The van der Waals surface area contributed by atoms with Crippen LogP contribution >= 0.6 is 0 Å². The fourth-order valence-corrected chi connectivity index (χ4v) is 1.90. The molecule has 0 unspecified atom stereocenters. The molecule has 0 aliphatic heterocycles. The molecule has 0 spiro atoms. The van der Waals surface area contributed by atoms with E-state index in [0.717, 1.165) is 17.9 Å². The van der Waals surface area contributed by atoms with E-state index in [2.05, 4.69) is 42.3 Å². The molecule has 0 fully saturated rings. The number of aliphatic hydroxyl groups is 1. The molecule has 18 heavy (non-hydrogen) atoms. The first-order chi connectivity index (χ1) is 8.70. The minimum absolute atomic E-state index is 0.00295. The average Bonchev–Trinajstić information content (AvgIpc) is 2.40. The third kappa shape index (κ3) is 2.87. The molecule has 0 atom stereocenters. The predicted molar refractivity (Wildman–Crippen MR) is 73.4 cm³/mol. The molecule has 0 amide bonds. The second-order valence-electron chi connectivity index (χ2n) is 4.45. The van der Waals surface area contributed by atoms with E-state index >= 15 is 0 Å². The van der Waals surface area contributed by atoms with Crippen LogP contribution < -0.4 is 5.32 Å². The van der Waals surface area contributed by atoms with Crippen molar-refractivity contribution in [2.24, 2.45) is 0 Å². The molecule has 1 aromatic heterocycles. The molecule has 0 bridgehead atoms. The monoisotopic (exact) mass is 242 g/mol. The van der Waals surface area contributed by atoms with Crippen LogP contribution in [0.1, 0.15) is 22.3 Å². The molecule has 0 saturated carbocycles. The van der Waals surface area contributed by atoms with Crippen molar-refractivity contribution in [3.05, 3.63) is 58.8 Å². The van der Waals surface area contributed by atoms with Crippen molar-refractivity contribution in [3.8, 4) is 0 Å². The number of aliphatic hydroxyl groups excluding tert-OH is 1. The summed E-state index contributed by atoms with van der Waals surface area (Å²) in [4.78, 5) is 4.25. The summed E-state index contributed by atoms with van der Waals surface area (Å²) < 4.78 is 0. The summed E-state index contributed by atoms with van der Waals surface area (Å²) in [5.41, 5.74) is 4.59. The maximum atomic E-state index is 9.23. The van der Waals surface area contributed by atoms with Gasteiger partial charge in [0.25, 0.3) is 0 Å². The summed E-state index contributed by atoms with van der Waals surface area (Å²) in [6.45, 7) is 4.91. The normalized spacial score (nSPS) is 10.4. The second kappa shape index (κ2) is 5.65. The molecular formula is C15H18N2O. The van der Waals surface area contributed by atoms with Gasteiger partial charge in [0.2, 0.25) is 0 Å². The molecule has 3 heteroatoms. The minimum atomic E-state index is 0.00295. The van der Waals surface area contributed by atoms with Crippen LogP contribution in [0.25, 0.3) is 0 Å². The number of aryl methyl sites for hydroxylation is 2. The fourth-order valence-electron chi connectivity index (χ4n) is 1.90. The first-order valence-corrected chi connectivity index (χ1v) is 6.05. The third-order valence-corrected chi connectivity index (χ3v) is 3.01. The Bertz CT molecular complexity index is 538. The Morgan fingerprint density at radius 3 is 2.78 bits per heavy atom. The van der Waals surface area contributed by atoms with Crippen LogP contribution in [-0.2, 0) is 13.2 Å². The number of hydrogen-bond acceptors (Lipinski definition) is 3. The van der Waals surface area contributed by atoms with E-state index in [1.807, 2.05) is 12.1 Å². The van der Waals surface area contributed by atoms with Crippen molar-refractivity contribution in [2.75, 3.05) is 5.32 Å². The molecule has 2 aromatic rings. The van der Waals surface area contributed by atoms with Crippen molar-refractivity contribution in [1.29, 1.82) is 0 Å². The van der Waals surface area contributed by atoms with Gasteiger partial charge in [-0.05, 0) is 31.0 Å². The Hall–Kier alpha value is -1.87. The molecule has 2 rings (SSSR count). The lowest BCUT2D eigenvalue weighted by atomic mass is 10.1. The first kappa shape index (κ1) is 12.6. The lowest BCUT2D eigenvalue weighted by Crippen LogP contribution is -2.05. The van der Waals surface area contributed by atoms with E-state index in [0.29, 0.717) is 0 Å². The van der Waals surface area contributed by atoms with E-state index in [4.69, 9.17) is 0 Å². The SMILES string of the molecule is Cc1ccc(C)c(CNc2ncccc2CO)c1. The zero-order valence-corrected chi connectivity index (χ0v) is 10.8. The number of rotatable bonds is 4. The zero-order valence-electron chi connectivity index (χ0n) is 10.8. The second-order valence-corrected chi connectivity index (χ2v) is 4.45. The Labute approximate surface area is 108 Å². The van der Waals surface area contributed by atoms with Crippen LogP contribution in [0.2, 0.25) is 0 Å². The highest BCUT2D eigenvalue weighted by Crippen LogP contribution is 2.15. The lowest BCUT2D eigenvalue weighted by molar-refractivity contribution is 0.282. The predicted octanol–water partition coefficient (Wildman–Crippen LogP) is 2.80. The van der Waals surface area contributed by atoms with Crippen LogP contribution in [0.4, 0.5) is 5.82 Å². The molecular weight excluding hydrogens is 224 g/mol. The number of nitrogens with one attached hydrogen (secondary N) is 1. The minimum Gasteiger partial charge on any atom is -0.392 e. The van der Waals surface area contributed by atoms with Gasteiger partial charge in [0, 0.05) is 18.3 Å². The Kier molecular flexibility index (Phi) is 3.95. The number of hydrogen-bond donors (Lipinski definition) is 2. The van der Waals surface area contributed by atoms with Crippen molar-refractivity contribution >= 4 is 5.82 Å². The van der Waals surface area contributed by atoms with Crippen molar-refractivity contribution in [1.82, 2.24) is 4.98 Å². The van der Waals surface area contributed by atoms with E-state index in [1.165, 1.54) is 16.7 Å². The van der Waals surface area contributed by atoms with Crippen molar-refractivity contribution < 1.29 is 5.11 Å². The third-order valence-electron chi connectivity index (χ3n) is 3.01. The largest absolute Gasteiger partial charge is 0.392 e. The fraction of sp³-hybridized carbons (Fsp3) is 0.267. The van der Waals surface area contributed by atoms with Crippen LogP contribution in [0.15, 0.2) is 36.5 Å². The van der Waals surface area contributed by atoms with Gasteiger partial charge < -0.3 is 10.4 Å². The Balaban J connectivity index is 2.14. The summed E-state index contributed by atoms with van der Waals surface area (Å²) in [5, 5.41) is 12.5. The highest BCUT2D eigenvalue weighted by Gasteiger charge is 2.03. The molecule has 0 radical (unpaired) electrons. The maximum absolute atomic E-state index is 9.23. The van der Waals surface area contributed by atoms with Crippen molar-refractivity contribution in [3.63, 3.8) is 0 Å². The van der Waals surface area contributed by atoms with Gasteiger partial charge >= 0.3 is 0 Å². The maximum Gasteiger partial charge on any atom is 0.131 e. The summed E-state index contributed by atoms with van der Waals surface area (Å²) in [6.07, 6.45) is 1.73. The lowest BCUT2D eigenvalue weighted by Gasteiger charge is -2.11. The van der Waals surface area contributed by atoms with Crippen LogP contribution in [0, 0.1) is 13.8 Å². The summed E-state index contributed by atoms with van der Waals surface area (Å²) in [5.74, 6) is 0.751. The van der Waals surface area contributed by atoms with E-state index < -0.39 is 0 Å². The first-order valence-electron chi connectivity index (χ1n) is 6.05. The number of anilines is 1. The highest BCUT2D eigenvalue weighted by molar-refractivity contribution is 5.44. The zero-order chi connectivity index (χ0) is 13.0. The number of nitrogens with zero attached hydrogens (tertiary/aromatic N) is 1. The van der Waals surface area contributed by atoms with Crippen LogP contribution in [0.5, 0.6) is 0 Å². The quantitative estimate of drug-likeness (QED) is 0.866. The van der Waals surface area contributed by atoms with Gasteiger partial charge in [-0.15, -0.1) is 0 Å². The average molecular weight is 242 g/mol. The summed E-state index contributed by atoms with van der Waals surface area (Å²) >= 11 is 0. The van der Waals surface area contributed by atoms with E-state index in [1.54, 1.807) is 6.20 Å². The number of pyridine rings is 1.